The molecule has 1 aromatic carbocycles. The molecule has 6 heteroatoms. The highest BCUT2D eigenvalue weighted by Gasteiger charge is 2.15. The van der Waals surface area contributed by atoms with E-state index < -0.39 is 0 Å². The van der Waals surface area contributed by atoms with Crippen LogP contribution in [0.25, 0.3) is 0 Å². The first-order valence-corrected chi connectivity index (χ1v) is 9.91. The molecular formula is C19H27BrN2O3. The van der Waals surface area contributed by atoms with Crippen molar-refractivity contribution in [1.29, 1.82) is 0 Å². The van der Waals surface area contributed by atoms with Crippen molar-refractivity contribution < 1.29 is 14.3 Å². The maximum Gasteiger partial charge on any atom is 0.240 e. The zero-order valence-corrected chi connectivity index (χ0v) is 16.4. The number of fused-ring (bicyclic) bond motifs is 1. The van der Waals surface area contributed by atoms with Crippen LogP contribution in [0.5, 0.6) is 11.5 Å². The van der Waals surface area contributed by atoms with Gasteiger partial charge in [0.15, 0.2) is 11.5 Å². The van der Waals surface area contributed by atoms with Crippen LogP contribution in [0.15, 0.2) is 21.7 Å². The molecule has 0 bridgehead atoms. The second kappa shape index (κ2) is 11.1. The Kier molecular flexibility index (Phi) is 8.80. The van der Waals surface area contributed by atoms with Gasteiger partial charge in [0.05, 0.1) is 6.21 Å². The van der Waals surface area contributed by atoms with Gasteiger partial charge in [-0.3, -0.25) is 4.79 Å². The number of nitrogens with one attached hydrogen (secondary N) is 1. The van der Waals surface area contributed by atoms with Crippen LogP contribution in [0.1, 0.15) is 70.3 Å². The first kappa shape index (κ1) is 19.8. The molecule has 1 N–H and O–H groups in total. The number of benzene rings is 1. The molecule has 2 rings (SSSR count). The first-order chi connectivity index (χ1) is 12.2. The van der Waals surface area contributed by atoms with E-state index in [1.165, 1.54) is 38.5 Å². The molecule has 0 spiro atoms. The van der Waals surface area contributed by atoms with Crippen LogP contribution < -0.4 is 14.9 Å². The lowest BCUT2D eigenvalue weighted by atomic mass is 10.1. The SMILES string of the molecule is CCCCCCCCCCC(=O)N/N=C/c1cc2c(cc1Br)OCO2. The van der Waals surface area contributed by atoms with E-state index in [1.54, 1.807) is 6.21 Å². The van der Waals surface area contributed by atoms with Crippen LogP contribution in [0, 0.1) is 0 Å². The molecule has 138 valence electrons. The number of amides is 1. The molecule has 1 heterocycles. The third-order valence-corrected chi connectivity index (χ3v) is 4.83. The van der Waals surface area contributed by atoms with Crippen LogP contribution in [-0.2, 0) is 4.79 Å². The van der Waals surface area contributed by atoms with E-state index in [1.807, 2.05) is 12.1 Å². The van der Waals surface area contributed by atoms with Gasteiger partial charge < -0.3 is 9.47 Å². The number of nitrogens with zero attached hydrogens (tertiary/aromatic N) is 1. The molecule has 0 saturated carbocycles. The molecule has 0 fully saturated rings. The Morgan fingerprint density at radius 3 is 2.48 bits per heavy atom. The van der Waals surface area contributed by atoms with Gasteiger partial charge in [-0.25, -0.2) is 5.43 Å². The third kappa shape index (κ3) is 7.06. The molecule has 0 atom stereocenters. The van der Waals surface area contributed by atoms with Crippen LogP contribution in [0.2, 0.25) is 0 Å². The van der Waals surface area contributed by atoms with E-state index in [0.29, 0.717) is 17.9 Å². The Bertz CT molecular complexity index is 590. The summed E-state index contributed by atoms with van der Waals surface area (Å²) in [5.74, 6) is 1.36. The number of hydrogen-bond acceptors (Lipinski definition) is 4. The highest BCUT2D eigenvalue weighted by molar-refractivity contribution is 9.10. The Morgan fingerprint density at radius 1 is 1.12 bits per heavy atom. The monoisotopic (exact) mass is 410 g/mol. The molecule has 0 radical (unpaired) electrons. The molecule has 0 unspecified atom stereocenters. The van der Waals surface area contributed by atoms with Gasteiger partial charge in [-0.2, -0.15) is 5.10 Å². The maximum atomic E-state index is 11.8. The summed E-state index contributed by atoms with van der Waals surface area (Å²) >= 11 is 3.46. The number of halogens is 1. The Hall–Kier alpha value is -1.56. The van der Waals surface area contributed by atoms with Crippen LogP contribution in [0.4, 0.5) is 0 Å². The number of carbonyl (C=O) groups is 1. The van der Waals surface area contributed by atoms with Crippen molar-refractivity contribution in [3.63, 3.8) is 0 Å². The highest BCUT2D eigenvalue weighted by atomic mass is 79.9. The van der Waals surface area contributed by atoms with Crippen molar-refractivity contribution >= 4 is 28.1 Å². The molecule has 0 aromatic heterocycles. The second-order valence-corrected chi connectivity index (χ2v) is 7.10. The topological polar surface area (TPSA) is 59.9 Å². The molecule has 1 aromatic rings. The molecule has 0 saturated heterocycles. The fraction of sp³-hybridized carbons (Fsp3) is 0.579. The summed E-state index contributed by atoms with van der Waals surface area (Å²) in [5, 5.41) is 4.03. The van der Waals surface area contributed by atoms with E-state index in [2.05, 4.69) is 33.4 Å². The van der Waals surface area contributed by atoms with E-state index in [-0.39, 0.29) is 12.7 Å². The summed E-state index contributed by atoms with van der Waals surface area (Å²) in [7, 11) is 0. The predicted octanol–water partition coefficient (Wildman–Crippen LogP) is 5.16. The van der Waals surface area contributed by atoms with Gasteiger partial charge in [0.1, 0.15) is 0 Å². The molecule has 5 nitrogen and oxygen atoms in total. The normalized spacial score (nSPS) is 12.7. The minimum atomic E-state index is -0.0425. The highest BCUT2D eigenvalue weighted by Crippen LogP contribution is 2.36. The van der Waals surface area contributed by atoms with Gasteiger partial charge >= 0.3 is 0 Å². The Morgan fingerprint density at radius 2 is 1.76 bits per heavy atom. The molecular weight excluding hydrogens is 384 g/mol. The average molecular weight is 411 g/mol. The summed E-state index contributed by atoms with van der Waals surface area (Å²) in [6, 6.07) is 3.67. The zero-order valence-electron chi connectivity index (χ0n) is 14.9. The van der Waals surface area contributed by atoms with Crippen molar-refractivity contribution in [2.75, 3.05) is 6.79 Å². The number of hydrogen-bond donors (Lipinski definition) is 1. The van der Waals surface area contributed by atoms with Crippen LogP contribution >= 0.6 is 15.9 Å². The largest absolute Gasteiger partial charge is 0.454 e. The number of unbranched alkanes of at least 4 members (excludes halogenated alkanes) is 7. The Labute approximate surface area is 158 Å². The summed E-state index contributed by atoms with van der Waals surface area (Å²) in [5.41, 5.74) is 3.41. The Balaban J connectivity index is 1.61. The van der Waals surface area contributed by atoms with E-state index in [0.717, 1.165) is 22.9 Å². The number of carbonyl (C=O) groups excluding carboxylic acids is 1. The quantitative estimate of drug-likeness (QED) is 0.311. The smallest absolute Gasteiger partial charge is 0.240 e. The average Bonchev–Trinajstić information content (AvgIpc) is 3.04. The van der Waals surface area contributed by atoms with Crippen molar-refractivity contribution in [3.05, 3.63) is 22.2 Å². The van der Waals surface area contributed by atoms with Gasteiger partial charge in [-0.15, -0.1) is 0 Å². The zero-order chi connectivity index (χ0) is 17.9. The minimum absolute atomic E-state index is 0.0425. The number of rotatable bonds is 11. The third-order valence-electron chi connectivity index (χ3n) is 4.14. The van der Waals surface area contributed by atoms with E-state index in [9.17, 15) is 4.79 Å². The lowest BCUT2D eigenvalue weighted by molar-refractivity contribution is -0.121. The molecule has 1 aliphatic rings. The van der Waals surface area contributed by atoms with Gasteiger partial charge in [0.25, 0.3) is 0 Å². The fourth-order valence-corrected chi connectivity index (χ4v) is 3.11. The molecule has 25 heavy (non-hydrogen) atoms. The molecule has 0 aliphatic carbocycles. The second-order valence-electron chi connectivity index (χ2n) is 6.25. The van der Waals surface area contributed by atoms with Crippen molar-refractivity contribution in [2.45, 2.75) is 64.7 Å². The predicted molar refractivity (Wildman–Crippen MR) is 103 cm³/mol. The van der Waals surface area contributed by atoms with Crippen molar-refractivity contribution in [1.82, 2.24) is 5.43 Å². The van der Waals surface area contributed by atoms with Gasteiger partial charge in [-0.05, 0) is 34.5 Å². The van der Waals surface area contributed by atoms with Gasteiger partial charge in [-0.1, -0.05) is 51.9 Å². The summed E-state index contributed by atoms with van der Waals surface area (Å²) in [4.78, 5) is 11.8. The van der Waals surface area contributed by atoms with E-state index >= 15 is 0 Å². The first-order valence-electron chi connectivity index (χ1n) is 9.11. The molecule has 1 aliphatic heterocycles. The lowest BCUT2D eigenvalue weighted by Gasteiger charge is -2.03. The van der Waals surface area contributed by atoms with Crippen molar-refractivity contribution in [3.8, 4) is 11.5 Å². The van der Waals surface area contributed by atoms with Crippen LogP contribution in [-0.4, -0.2) is 18.9 Å². The lowest BCUT2D eigenvalue weighted by Crippen LogP contribution is -2.16. The minimum Gasteiger partial charge on any atom is -0.454 e. The van der Waals surface area contributed by atoms with E-state index in [4.69, 9.17) is 9.47 Å². The number of ether oxygens (including phenoxy) is 2. The fourth-order valence-electron chi connectivity index (χ4n) is 2.68. The standard InChI is InChI=1S/C19H27BrN2O3/c1-2-3-4-5-6-7-8-9-10-19(23)22-21-13-15-11-17-18(12-16(15)20)25-14-24-17/h11-13H,2-10,14H2,1H3,(H,22,23)/b21-13+. The molecule has 1 amide bonds. The summed E-state index contributed by atoms with van der Waals surface area (Å²) < 4.78 is 11.5. The summed E-state index contributed by atoms with van der Waals surface area (Å²) in [6.07, 6.45) is 11.9. The summed E-state index contributed by atoms with van der Waals surface area (Å²) in [6.45, 7) is 2.46. The number of hydrazone groups is 1. The maximum absolute atomic E-state index is 11.8. The van der Waals surface area contributed by atoms with Crippen LogP contribution in [0.3, 0.4) is 0 Å². The van der Waals surface area contributed by atoms with Gasteiger partial charge in [0.2, 0.25) is 12.7 Å². The van der Waals surface area contributed by atoms with Crippen molar-refractivity contribution in [2.24, 2.45) is 5.10 Å². The van der Waals surface area contributed by atoms with Gasteiger partial charge in [0, 0.05) is 16.5 Å².